The van der Waals surface area contributed by atoms with E-state index in [-0.39, 0.29) is 18.1 Å². The van der Waals surface area contributed by atoms with Gasteiger partial charge >= 0.3 is 0 Å². The van der Waals surface area contributed by atoms with Gasteiger partial charge in [-0.15, -0.1) is 0 Å². The highest BCUT2D eigenvalue weighted by Gasteiger charge is 2.36. The molecule has 2 aromatic heterocycles. The molecule has 4 heterocycles. The third-order valence-corrected chi connectivity index (χ3v) is 7.84. The van der Waals surface area contributed by atoms with Gasteiger partial charge in [0.05, 0.1) is 11.8 Å². The first kappa shape index (κ1) is 23.1. The molecule has 1 unspecified atom stereocenters. The first-order valence-electron chi connectivity index (χ1n) is 12.5. The summed E-state index contributed by atoms with van der Waals surface area (Å²) in [6, 6.07) is 1.97. The average Bonchev–Trinajstić information content (AvgIpc) is 3.47. The standard InChI is InChI=1S/C27H37N5O2/c1-17-18(13-22(28-17)25-21-10-11-27(2,3)15-23(21)29-30-25)8-9-19-14-24(26(33)31(19)4)32-12-6-7-20(16-32)34-5/h8-9,13-14,20,24,28H,6-7,10-12,15-16H2,1-5H3,(H,29,30)/b9-8-/t20-,24?/m1/s1. The second-order valence-corrected chi connectivity index (χ2v) is 10.9. The van der Waals surface area contributed by atoms with Gasteiger partial charge in [-0.25, -0.2) is 0 Å². The minimum absolute atomic E-state index is 0.133. The number of nitrogens with zero attached hydrogens (tertiary/aromatic N) is 3. The number of carbonyl (C=O) groups excluding carboxylic acids is 1. The Kier molecular flexibility index (Phi) is 6.02. The molecule has 1 amide bonds. The topological polar surface area (TPSA) is 77.2 Å². The van der Waals surface area contributed by atoms with E-state index in [1.807, 2.05) is 7.05 Å². The van der Waals surface area contributed by atoms with Crippen molar-refractivity contribution in [3.8, 4) is 11.4 Å². The highest BCUT2D eigenvalue weighted by Crippen LogP contribution is 2.38. The predicted molar refractivity (Wildman–Crippen MR) is 134 cm³/mol. The Hall–Kier alpha value is -2.64. The van der Waals surface area contributed by atoms with Gasteiger partial charge in [-0.05, 0) is 74.8 Å². The van der Waals surface area contributed by atoms with Crippen LogP contribution in [0.2, 0.25) is 0 Å². The van der Waals surface area contributed by atoms with E-state index in [0.29, 0.717) is 5.41 Å². The molecule has 7 heteroatoms. The molecule has 7 nitrogen and oxygen atoms in total. The number of ether oxygens (including phenoxy) is 1. The molecule has 1 fully saturated rings. The Morgan fingerprint density at radius 3 is 2.91 bits per heavy atom. The molecular formula is C27H37N5O2. The van der Waals surface area contributed by atoms with Gasteiger partial charge in [-0.2, -0.15) is 5.10 Å². The van der Waals surface area contributed by atoms with Crippen molar-refractivity contribution in [2.45, 2.75) is 65.0 Å². The molecule has 2 N–H and O–H groups in total. The van der Waals surface area contributed by atoms with Crippen LogP contribution in [0.15, 0.2) is 23.9 Å². The number of carbonyl (C=O) groups is 1. The lowest BCUT2D eigenvalue weighted by molar-refractivity contribution is -0.131. The molecular weight excluding hydrogens is 426 g/mol. The summed E-state index contributed by atoms with van der Waals surface area (Å²) in [5.74, 6) is 0.133. The highest BCUT2D eigenvalue weighted by atomic mass is 16.5. The average molecular weight is 464 g/mol. The number of methoxy groups -OCH3 is 1. The maximum atomic E-state index is 13.0. The van der Waals surface area contributed by atoms with Gasteiger partial charge in [0.15, 0.2) is 0 Å². The van der Waals surface area contributed by atoms with Gasteiger partial charge in [0.1, 0.15) is 11.7 Å². The molecule has 1 saturated heterocycles. The summed E-state index contributed by atoms with van der Waals surface area (Å²) < 4.78 is 5.55. The molecule has 0 radical (unpaired) electrons. The van der Waals surface area contributed by atoms with E-state index in [1.165, 1.54) is 17.7 Å². The maximum absolute atomic E-state index is 13.0. The minimum Gasteiger partial charge on any atom is -0.380 e. The zero-order valence-corrected chi connectivity index (χ0v) is 21.1. The summed E-state index contributed by atoms with van der Waals surface area (Å²) in [5.41, 5.74) is 8.19. The number of aryl methyl sites for hydroxylation is 1. The zero-order valence-electron chi connectivity index (χ0n) is 21.1. The Morgan fingerprint density at radius 2 is 2.12 bits per heavy atom. The number of allylic oxidation sites excluding steroid dienone is 1. The number of aromatic nitrogens is 3. The molecule has 1 aliphatic carbocycles. The van der Waals surface area contributed by atoms with Crippen molar-refractivity contribution in [2.24, 2.45) is 5.41 Å². The molecule has 34 heavy (non-hydrogen) atoms. The first-order valence-corrected chi connectivity index (χ1v) is 12.5. The van der Waals surface area contributed by atoms with Crippen LogP contribution in [0.4, 0.5) is 0 Å². The van der Waals surface area contributed by atoms with Gasteiger partial charge in [-0.1, -0.05) is 19.9 Å². The van der Waals surface area contributed by atoms with Crippen LogP contribution in [0.25, 0.3) is 17.5 Å². The molecule has 3 aliphatic rings. The van der Waals surface area contributed by atoms with Crippen molar-refractivity contribution in [2.75, 3.05) is 27.2 Å². The summed E-state index contributed by atoms with van der Waals surface area (Å²) in [7, 11) is 3.62. The third-order valence-electron chi connectivity index (χ3n) is 7.84. The van der Waals surface area contributed by atoms with E-state index in [1.54, 1.807) is 12.0 Å². The molecule has 2 atom stereocenters. The van der Waals surface area contributed by atoms with Gasteiger partial charge in [-0.3, -0.25) is 14.8 Å². The minimum atomic E-state index is -0.203. The second kappa shape index (κ2) is 8.86. The number of H-pyrrole nitrogens is 2. The van der Waals surface area contributed by atoms with Gasteiger partial charge < -0.3 is 14.6 Å². The van der Waals surface area contributed by atoms with Crippen LogP contribution in [0.5, 0.6) is 0 Å². The molecule has 182 valence electrons. The van der Waals surface area contributed by atoms with E-state index >= 15 is 0 Å². The highest BCUT2D eigenvalue weighted by molar-refractivity contribution is 5.89. The van der Waals surface area contributed by atoms with E-state index in [4.69, 9.17) is 4.74 Å². The number of likely N-dealkylation sites (tertiary alicyclic amines) is 1. The fourth-order valence-electron chi connectivity index (χ4n) is 5.63. The smallest absolute Gasteiger partial charge is 0.248 e. The number of nitrogens with one attached hydrogen (secondary N) is 2. The number of amides is 1. The van der Waals surface area contributed by atoms with Crippen molar-refractivity contribution < 1.29 is 9.53 Å². The monoisotopic (exact) mass is 463 g/mol. The van der Waals surface area contributed by atoms with Crippen molar-refractivity contribution in [3.05, 3.63) is 46.4 Å². The number of hydrogen-bond donors (Lipinski definition) is 2. The van der Waals surface area contributed by atoms with Gasteiger partial charge in [0.2, 0.25) is 5.91 Å². The number of hydrogen-bond acceptors (Lipinski definition) is 4. The number of fused-ring (bicyclic) bond motifs is 1. The van der Waals surface area contributed by atoms with Crippen LogP contribution < -0.4 is 0 Å². The number of aromatic amines is 2. The lowest BCUT2D eigenvalue weighted by Crippen LogP contribution is -2.48. The first-order chi connectivity index (χ1) is 16.3. The van der Waals surface area contributed by atoms with Crippen LogP contribution >= 0.6 is 0 Å². The summed E-state index contributed by atoms with van der Waals surface area (Å²) >= 11 is 0. The van der Waals surface area contributed by atoms with Crippen LogP contribution in [-0.2, 0) is 22.4 Å². The third kappa shape index (κ3) is 4.27. The summed E-state index contributed by atoms with van der Waals surface area (Å²) in [6.07, 6.45) is 11.8. The fraction of sp³-hybridized carbons (Fsp3) is 0.556. The largest absolute Gasteiger partial charge is 0.380 e. The lowest BCUT2D eigenvalue weighted by atomic mass is 9.76. The molecule has 5 rings (SSSR count). The molecule has 0 saturated carbocycles. The molecule has 2 aromatic rings. The SMILES string of the molecule is CO[C@@H]1CCCN(C2C=C(/C=C\c3cc(-c4n[nH]c5c4CCC(C)(C)C5)[nH]c3C)N(C)C2=O)C1. The maximum Gasteiger partial charge on any atom is 0.248 e. The van der Waals surface area contributed by atoms with E-state index < -0.39 is 0 Å². The molecule has 0 bridgehead atoms. The van der Waals surface area contributed by atoms with Crippen LogP contribution in [0.1, 0.15) is 55.6 Å². The molecule has 2 aliphatic heterocycles. The second-order valence-electron chi connectivity index (χ2n) is 10.9. The summed E-state index contributed by atoms with van der Waals surface area (Å²) in [4.78, 5) is 20.5. The van der Waals surface area contributed by atoms with Crippen molar-refractivity contribution in [3.63, 3.8) is 0 Å². The quantitative estimate of drug-likeness (QED) is 0.701. The number of piperidine rings is 1. The number of likely N-dealkylation sites (N-methyl/N-ethyl adjacent to an activating group) is 1. The molecule has 0 aromatic carbocycles. The van der Waals surface area contributed by atoms with Crippen LogP contribution in [0.3, 0.4) is 0 Å². The van der Waals surface area contributed by atoms with Crippen LogP contribution in [0, 0.1) is 12.3 Å². The molecule has 0 spiro atoms. The lowest BCUT2D eigenvalue weighted by Gasteiger charge is -2.34. The van der Waals surface area contributed by atoms with Crippen molar-refractivity contribution in [1.29, 1.82) is 0 Å². The Bertz CT molecular complexity index is 1140. The number of rotatable bonds is 5. The van der Waals surface area contributed by atoms with Crippen molar-refractivity contribution >= 4 is 12.0 Å². The normalized spacial score (nSPS) is 25.3. The zero-order chi connectivity index (χ0) is 24.0. The van der Waals surface area contributed by atoms with Crippen molar-refractivity contribution in [1.82, 2.24) is 25.0 Å². The Labute approximate surface area is 202 Å². The van der Waals surface area contributed by atoms with Crippen LogP contribution in [-0.4, -0.2) is 70.3 Å². The fourth-order valence-corrected chi connectivity index (χ4v) is 5.63. The summed E-state index contributed by atoms with van der Waals surface area (Å²) in [6.45, 7) is 8.47. The Balaban J connectivity index is 1.34. The Morgan fingerprint density at radius 1 is 1.29 bits per heavy atom. The van der Waals surface area contributed by atoms with E-state index in [0.717, 1.165) is 67.1 Å². The van der Waals surface area contributed by atoms with E-state index in [2.05, 4.69) is 65.1 Å². The van der Waals surface area contributed by atoms with E-state index in [9.17, 15) is 4.79 Å². The van der Waals surface area contributed by atoms with Gasteiger partial charge in [0, 0.05) is 43.4 Å². The van der Waals surface area contributed by atoms with Gasteiger partial charge in [0.25, 0.3) is 0 Å². The predicted octanol–water partition coefficient (Wildman–Crippen LogP) is 4.08. The summed E-state index contributed by atoms with van der Waals surface area (Å²) in [5, 5.41) is 7.95.